The molecular formula is C10H16N4O. The summed E-state index contributed by atoms with van der Waals surface area (Å²) in [7, 11) is 0. The molecule has 5 heteroatoms. The number of nitrogens with two attached hydrogens (primary N) is 2. The van der Waals surface area contributed by atoms with Crippen LogP contribution in [0.1, 0.15) is 13.3 Å². The topological polar surface area (TPSA) is 88.4 Å². The van der Waals surface area contributed by atoms with Gasteiger partial charge >= 0.3 is 0 Å². The zero-order chi connectivity index (χ0) is 11.1. The summed E-state index contributed by atoms with van der Waals surface area (Å²) in [5, 5.41) is 9.82. The fraction of sp³-hybridized carbons (Fsp3) is 0.500. The largest absolute Gasteiger partial charge is 0.396 e. The van der Waals surface area contributed by atoms with Crippen LogP contribution in [0.15, 0.2) is 12.1 Å². The van der Waals surface area contributed by atoms with Crippen LogP contribution in [0.25, 0.3) is 0 Å². The van der Waals surface area contributed by atoms with Gasteiger partial charge in [0.05, 0.1) is 11.3 Å². The lowest BCUT2D eigenvalue weighted by Gasteiger charge is -2.20. The number of nitrogens with zero attached hydrogens (tertiary/aromatic N) is 2. The maximum Gasteiger partial charge on any atom is 0.149 e. The Labute approximate surface area is 88.7 Å². The molecule has 82 valence electrons. The molecule has 1 unspecified atom stereocenters. The lowest BCUT2D eigenvalue weighted by atomic mass is 10.1. The number of nitrogen functional groups attached to an aromatic ring is 2. The Hall–Kier alpha value is -1.49. The van der Waals surface area contributed by atoms with Crippen molar-refractivity contribution in [3.8, 4) is 0 Å². The number of β-amino-alcohol motifs (C(OH)–C–C–N with tert-alkyl or cyclic N) is 1. The number of pyridine rings is 1. The maximum atomic E-state index is 9.82. The first-order valence-electron chi connectivity index (χ1n) is 4.97. The average molecular weight is 208 g/mol. The molecule has 1 aromatic rings. The number of rotatable bonds is 1. The quantitative estimate of drug-likeness (QED) is 0.614. The second-order valence-corrected chi connectivity index (χ2v) is 4.31. The predicted octanol–water partition coefficient (Wildman–Crippen LogP) is 0.207. The summed E-state index contributed by atoms with van der Waals surface area (Å²) >= 11 is 0. The number of hydrogen-bond donors (Lipinski definition) is 3. The van der Waals surface area contributed by atoms with Gasteiger partial charge in [0.25, 0.3) is 0 Å². The van der Waals surface area contributed by atoms with Crippen LogP contribution in [0.4, 0.5) is 17.3 Å². The summed E-state index contributed by atoms with van der Waals surface area (Å²) in [6, 6.07) is 3.57. The number of hydrogen-bond acceptors (Lipinski definition) is 5. The van der Waals surface area contributed by atoms with Gasteiger partial charge in [-0.3, -0.25) is 0 Å². The highest BCUT2D eigenvalue weighted by atomic mass is 16.3. The third kappa shape index (κ3) is 1.97. The van der Waals surface area contributed by atoms with Gasteiger partial charge in [0.2, 0.25) is 0 Å². The van der Waals surface area contributed by atoms with Gasteiger partial charge in [-0.2, -0.15) is 0 Å². The Morgan fingerprint density at radius 2 is 2.20 bits per heavy atom. The van der Waals surface area contributed by atoms with Gasteiger partial charge in [0.15, 0.2) is 0 Å². The second kappa shape index (κ2) is 3.27. The molecule has 0 saturated carbocycles. The lowest BCUT2D eigenvalue weighted by molar-refractivity contribution is 0.0839. The summed E-state index contributed by atoms with van der Waals surface area (Å²) in [6.45, 7) is 3.21. The normalized spacial score (nSPS) is 25.9. The Morgan fingerprint density at radius 3 is 2.73 bits per heavy atom. The molecule has 0 spiro atoms. The molecule has 2 heterocycles. The number of aliphatic hydroxyl groups is 1. The van der Waals surface area contributed by atoms with Crippen LogP contribution < -0.4 is 16.4 Å². The van der Waals surface area contributed by atoms with Crippen LogP contribution in [-0.2, 0) is 0 Å². The minimum absolute atomic E-state index is 0.346. The van der Waals surface area contributed by atoms with E-state index in [1.54, 1.807) is 6.07 Å². The molecule has 2 rings (SSSR count). The van der Waals surface area contributed by atoms with E-state index in [4.69, 9.17) is 11.5 Å². The minimum atomic E-state index is -0.627. The van der Waals surface area contributed by atoms with E-state index in [2.05, 4.69) is 4.98 Å². The molecule has 1 atom stereocenters. The molecule has 1 fully saturated rings. The first-order valence-corrected chi connectivity index (χ1v) is 4.97. The number of aromatic nitrogens is 1. The van der Waals surface area contributed by atoms with Crippen LogP contribution in [0, 0.1) is 0 Å². The summed E-state index contributed by atoms with van der Waals surface area (Å²) in [4.78, 5) is 6.20. The highest BCUT2D eigenvalue weighted by Gasteiger charge is 2.31. The van der Waals surface area contributed by atoms with E-state index < -0.39 is 5.60 Å². The third-order valence-corrected chi connectivity index (χ3v) is 2.72. The SMILES string of the molecule is CC1(O)CCN(c2ccc(N)c(N)n2)C1. The van der Waals surface area contributed by atoms with E-state index in [0.29, 0.717) is 18.1 Å². The van der Waals surface area contributed by atoms with Crippen molar-refractivity contribution in [3.05, 3.63) is 12.1 Å². The van der Waals surface area contributed by atoms with Gasteiger partial charge in [-0.25, -0.2) is 4.98 Å². The number of anilines is 3. The molecule has 5 nitrogen and oxygen atoms in total. The standard InChI is InChI=1S/C10H16N4O/c1-10(15)4-5-14(6-10)8-3-2-7(11)9(12)13-8/h2-3,15H,4-6,11H2,1H3,(H2,12,13). The average Bonchev–Trinajstić information content (AvgIpc) is 2.51. The molecule has 0 radical (unpaired) electrons. The van der Waals surface area contributed by atoms with Crippen molar-refractivity contribution in [2.45, 2.75) is 18.9 Å². The molecule has 1 aliphatic heterocycles. The first kappa shape index (κ1) is 10.0. The fourth-order valence-corrected chi connectivity index (χ4v) is 1.79. The Kier molecular flexibility index (Phi) is 2.19. The lowest BCUT2D eigenvalue weighted by Crippen LogP contribution is -2.30. The van der Waals surface area contributed by atoms with E-state index in [0.717, 1.165) is 18.8 Å². The summed E-state index contributed by atoms with van der Waals surface area (Å²) in [5.74, 6) is 1.12. The second-order valence-electron chi connectivity index (χ2n) is 4.31. The van der Waals surface area contributed by atoms with E-state index in [9.17, 15) is 5.11 Å². The molecule has 0 bridgehead atoms. The van der Waals surface area contributed by atoms with Crippen molar-refractivity contribution in [1.82, 2.24) is 4.98 Å². The van der Waals surface area contributed by atoms with Crippen LogP contribution in [0.2, 0.25) is 0 Å². The van der Waals surface area contributed by atoms with Crippen LogP contribution in [0.5, 0.6) is 0 Å². The van der Waals surface area contributed by atoms with Crippen molar-refractivity contribution in [3.63, 3.8) is 0 Å². The Bertz CT molecular complexity index is 378. The first-order chi connectivity index (χ1) is 6.98. The smallest absolute Gasteiger partial charge is 0.149 e. The minimum Gasteiger partial charge on any atom is -0.396 e. The maximum absolute atomic E-state index is 9.82. The van der Waals surface area contributed by atoms with E-state index >= 15 is 0 Å². The molecule has 15 heavy (non-hydrogen) atoms. The molecule has 1 aliphatic rings. The molecule has 5 N–H and O–H groups in total. The highest BCUT2D eigenvalue weighted by molar-refractivity contribution is 5.62. The van der Waals surface area contributed by atoms with Crippen molar-refractivity contribution in [2.24, 2.45) is 0 Å². The van der Waals surface area contributed by atoms with Gasteiger partial charge in [-0.05, 0) is 25.5 Å². The molecular weight excluding hydrogens is 192 g/mol. The molecule has 0 aliphatic carbocycles. The Morgan fingerprint density at radius 1 is 1.47 bits per heavy atom. The van der Waals surface area contributed by atoms with E-state index in [1.165, 1.54) is 0 Å². The van der Waals surface area contributed by atoms with Crippen LogP contribution in [-0.4, -0.2) is 28.8 Å². The molecule has 1 aromatic heterocycles. The monoisotopic (exact) mass is 208 g/mol. The highest BCUT2D eigenvalue weighted by Crippen LogP contribution is 2.26. The van der Waals surface area contributed by atoms with Gasteiger partial charge in [0, 0.05) is 13.1 Å². The summed E-state index contributed by atoms with van der Waals surface area (Å²) in [6.07, 6.45) is 0.749. The summed E-state index contributed by atoms with van der Waals surface area (Å²) in [5.41, 5.74) is 11.1. The van der Waals surface area contributed by atoms with Gasteiger partial charge in [0.1, 0.15) is 11.6 Å². The zero-order valence-electron chi connectivity index (χ0n) is 8.77. The molecule has 0 aromatic carbocycles. The predicted molar refractivity (Wildman–Crippen MR) is 60.5 cm³/mol. The molecule has 1 saturated heterocycles. The van der Waals surface area contributed by atoms with Gasteiger partial charge in [-0.1, -0.05) is 0 Å². The van der Waals surface area contributed by atoms with Crippen molar-refractivity contribution in [1.29, 1.82) is 0 Å². The fourth-order valence-electron chi connectivity index (χ4n) is 1.79. The Balaban J connectivity index is 2.21. The van der Waals surface area contributed by atoms with Crippen LogP contribution in [0.3, 0.4) is 0 Å². The van der Waals surface area contributed by atoms with E-state index in [1.807, 2.05) is 17.9 Å². The van der Waals surface area contributed by atoms with Gasteiger partial charge in [-0.15, -0.1) is 0 Å². The zero-order valence-corrected chi connectivity index (χ0v) is 8.77. The molecule has 0 amide bonds. The van der Waals surface area contributed by atoms with Gasteiger partial charge < -0.3 is 21.5 Å². The third-order valence-electron chi connectivity index (χ3n) is 2.72. The van der Waals surface area contributed by atoms with Crippen LogP contribution >= 0.6 is 0 Å². The van der Waals surface area contributed by atoms with Crippen molar-refractivity contribution >= 4 is 17.3 Å². The van der Waals surface area contributed by atoms with Crippen molar-refractivity contribution < 1.29 is 5.11 Å². The van der Waals surface area contributed by atoms with E-state index in [-0.39, 0.29) is 0 Å². The van der Waals surface area contributed by atoms with Crippen molar-refractivity contribution in [2.75, 3.05) is 29.5 Å². The summed E-state index contributed by atoms with van der Waals surface area (Å²) < 4.78 is 0.